The quantitative estimate of drug-likeness (QED) is 0.749. The smallest absolute Gasteiger partial charge is 0.248 e. The fourth-order valence-electron chi connectivity index (χ4n) is 0.796. The third-order valence-corrected chi connectivity index (χ3v) is 2.27. The predicted molar refractivity (Wildman–Crippen MR) is 49.2 cm³/mol. The van der Waals surface area contributed by atoms with Gasteiger partial charge in [-0.3, -0.25) is 4.79 Å². The number of halogens is 2. The van der Waals surface area contributed by atoms with Crippen molar-refractivity contribution in [1.29, 1.82) is 0 Å². The Hall–Kier alpha value is -0.900. The molecule has 1 aromatic carbocycles. The van der Waals surface area contributed by atoms with E-state index in [1.165, 1.54) is 0 Å². The molecular weight excluding hydrogens is 194 g/mol. The molecule has 1 aromatic rings. The molecule has 13 heavy (non-hydrogen) atoms. The van der Waals surface area contributed by atoms with Crippen molar-refractivity contribution in [3.05, 3.63) is 35.9 Å². The number of benzene rings is 1. The largest absolute Gasteiger partial charge is 0.282 e. The first-order valence-corrected chi connectivity index (χ1v) is 4.69. The highest BCUT2D eigenvalue weighted by Gasteiger charge is 2.09. The van der Waals surface area contributed by atoms with E-state index in [1.54, 1.807) is 30.3 Å². The molecule has 4 heteroatoms. The summed E-state index contributed by atoms with van der Waals surface area (Å²) >= 11 is 0.649. The van der Waals surface area contributed by atoms with Gasteiger partial charge in [0.25, 0.3) is 0 Å². The molecular formula is C9H8F2OS. The van der Waals surface area contributed by atoms with Crippen LogP contribution in [-0.2, 0) is 0 Å². The van der Waals surface area contributed by atoms with E-state index in [0.29, 0.717) is 17.3 Å². The van der Waals surface area contributed by atoms with Gasteiger partial charge in [-0.1, -0.05) is 42.1 Å². The van der Waals surface area contributed by atoms with Gasteiger partial charge in [0, 0.05) is 5.56 Å². The standard InChI is InChI=1S/C9H8F2OS/c10-8(11)6-13-9(12)7-4-2-1-3-5-7/h1-5,8H,6H2. The van der Waals surface area contributed by atoms with E-state index < -0.39 is 12.2 Å². The van der Waals surface area contributed by atoms with Crippen LogP contribution < -0.4 is 0 Å². The van der Waals surface area contributed by atoms with Gasteiger partial charge in [-0.25, -0.2) is 8.78 Å². The van der Waals surface area contributed by atoms with Crippen molar-refractivity contribution in [2.24, 2.45) is 0 Å². The Morgan fingerprint density at radius 3 is 2.46 bits per heavy atom. The van der Waals surface area contributed by atoms with Gasteiger partial charge in [0.1, 0.15) is 0 Å². The summed E-state index contributed by atoms with van der Waals surface area (Å²) < 4.78 is 23.5. The van der Waals surface area contributed by atoms with E-state index in [-0.39, 0.29) is 5.12 Å². The van der Waals surface area contributed by atoms with Gasteiger partial charge < -0.3 is 0 Å². The average molecular weight is 202 g/mol. The number of hydrogen-bond acceptors (Lipinski definition) is 2. The highest BCUT2D eigenvalue weighted by molar-refractivity contribution is 8.14. The highest BCUT2D eigenvalue weighted by Crippen LogP contribution is 2.14. The van der Waals surface area contributed by atoms with E-state index >= 15 is 0 Å². The van der Waals surface area contributed by atoms with Crippen molar-refractivity contribution in [2.45, 2.75) is 6.43 Å². The lowest BCUT2D eigenvalue weighted by molar-refractivity contribution is 0.108. The number of carbonyl (C=O) groups is 1. The van der Waals surface area contributed by atoms with Crippen LogP contribution in [0.2, 0.25) is 0 Å². The molecule has 0 fully saturated rings. The van der Waals surface area contributed by atoms with Crippen LogP contribution in [0, 0.1) is 0 Å². The minimum absolute atomic E-state index is 0.305. The van der Waals surface area contributed by atoms with Crippen LogP contribution >= 0.6 is 11.8 Å². The zero-order chi connectivity index (χ0) is 9.68. The molecule has 0 aliphatic heterocycles. The maximum absolute atomic E-state index is 11.7. The van der Waals surface area contributed by atoms with Crippen LogP contribution in [-0.4, -0.2) is 17.3 Å². The Labute approximate surface area is 79.1 Å². The van der Waals surface area contributed by atoms with Crippen LogP contribution in [0.4, 0.5) is 8.78 Å². The summed E-state index contributed by atoms with van der Waals surface area (Å²) in [6, 6.07) is 8.41. The van der Waals surface area contributed by atoms with Crippen molar-refractivity contribution in [2.75, 3.05) is 5.75 Å². The van der Waals surface area contributed by atoms with Gasteiger partial charge in [-0.2, -0.15) is 0 Å². The van der Waals surface area contributed by atoms with Crippen molar-refractivity contribution < 1.29 is 13.6 Å². The molecule has 0 saturated heterocycles. The van der Waals surface area contributed by atoms with E-state index in [1.807, 2.05) is 0 Å². The third-order valence-electron chi connectivity index (χ3n) is 1.35. The number of hydrogen-bond donors (Lipinski definition) is 0. The average Bonchev–Trinajstić information content (AvgIpc) is 2.15. The molecule has 0 unspecified atom stereocenters. The van der Waals surface area contributed by atoms with E-state index in [0.717, 1.165) is 0 Å². The first kappa shape index (κ1) is 10.2. The normalized spacial score (nSPS) is 10.4. The van der Waals surface area contributed by atoms with Crippen LogP contribution in [0.25, 0.3) is 0 Å². The summed E-state index contributed by atoms with van der Waals surface area (Å²) in [6.45, 7) is 0. The van der Waals surface area contributed by atoms with E-state index in [9.17, 15) is 13.6 Å². The number of carbonyl (C=O) groups excluding carboxylic acids is 1. The summed E-state index contributed by atoms with van der Waals surface area (Å²) in [5, 5.41) is -0.305. The maximum atomic E-state index is 11.7. The summed E-state index contributed by atoms with van der Waals surface area (Å²) in [4.78, 5) is 11.2. The van der Waals surface area contributed by atoms with Gasteiger partial charge in [-0.15, -0.1) is 0 Å². The minimum Gasteiger partial charge on any atom is -0.282 e. The lowest BCUT2D eigenvalue weighted by Crippen LogP contribution is -2.00. The summed E-state index contributed by atoms with van der Waals surface area (Å²) in [6.07, 6.45) is -2.43. The second-order valence-electron chi connectivity index (χ2n) is 2.36. The fraction of sp³-hybridized carbons (Fsp3) is 0.222. The molecule has 0 saturated carbocycles. The Morgan fingerprint density at radius 1 is 1.31 bits per heavy atom. The van der Waals surface area contributed by atoms with Gasteiger partial charge in [0.15, 0.2) is 0 Å². The molecule has 1 nitrogen and oxygen atoms in total. The summed E-state index contributed by atoms with van der Waals surface area (Å²) in [5.74, 6) is -0.437. The minimum atomic E-state index is -2.43. The highest BCUT2D eigenvalue weighted by atomic mass is 32.2. The lowest BCUT2D eigenvalue weighted by atomic mass is 10.2. The predicted octanol–water partition coefficient (Wildman–Crippen LogP) is 2.83. The van der Waals surface area contributed by atoms with Crippen molar-refractivity contribution in [1.82, 2.24) is 0 Å². The lowest BCUT2D eigenvalue weighted by Gasteiger charge is -1.98. The molecule has 0 radical (unpaired) electrons. The van der Waals surface area contributed by atoms with Gasteiger partial charge in [0.05, 0.1) is 5.75 Å². The molecule has 0 spiro atoms. The van der Waals surface area contributed by atoms with Crippen LogP contribution in [0.15, 0.2) is 30.3 Å². The van der Waals surface area contributed by atoms with Gasteiger partial charge in [-0.05, 0) is 0 Å². The first-order chi connectivity index (χ1) is 6.20. The molecule has 0 heterocycles. The van der Waals surface area contributed by atoms with Crippen LogP contribution in [0.5, 0.6) is 0 Å². The second-order valence-corrected chi connectivity index (χ2v) is 3.35. The summed E-state index contributed by atoms with van der Waals surface area (Å²) in [7, 11) is 0. The van der Waals surface area contributed by atoms with Crippen LogP contribution in [0.3, 0.4) is 0 Å². The molecule has 0 aromatic heterocycles. The second kappa shape index (κ2) is 4.97. The van der Waals surface area contributed by atoms with Crippen molar-refractivity contribution >= 4 is 16.9 Å². The van der Waals surface area contributed by atoms with Gasteiger partial charge >= 0.3 is 0 Å². The molecule has 0 aliphatic rings. The van der Waals surface area contributed by atoms with Crippen LogP contribution in [0.1, 0.15) is 10.4 Å². The molecule has 0 N–H and O–H groups in total. The molecule has 0 bridgehead atoms. The molecule has 70 valence electrons. The Balaban J connectivity index is 2.50. The topological polar surface area (TPSA) is 17.1 Å². The number of alkyl halides is 2. The van der Waals surface area contributed by atoms with Crippen molar-refractivity contribution in [3.63, 3.8) is 0 Å². The molecule has 0 atom stereocenters. The van der Waals surface area contributed by atoms with Gasteiger partial charge in [0.2, 0.25) is 11.5 Å². The fourth-order valence-corrected chi connectivity index (χ4v) is 1.38. The summed E-state index contributed by atoms with van der Waals surface area (Å²) in [5.41, 5.74) is 0.466. The Morgan fingerprint density at radius 2 is 1.92 bits per heavy atom. The van der Waals surface area contributed by atoms with E-state index in [4.69, 9.17) is 0 Å². The zero-order valence-electron chi connectivity index (χ0n) is 6.74. The first-order valence-electron chi connectivity index (χ1n) is 3.70. The number of rotatable bonds is 3. The molecule has 0 amide bonds. The monoisotopic (exact) mass is 202 g/mol. The van der Waals surface area contributed by atoms with E-state index in [2.05, 4.69) is 0 Å². The molecule has 1 rings (SSSR count). The van der Waals surface area contributed by atoms with Crippen molar-refractivity contribution in [3.8, 4) is 0 Å². The molecule has 0 aliphatic carbocycles. The Kier molecular flexibility index (Phi) is 3.89. The SMILES string of the molecule is O=C(SCC(F)F)c1ccccc1. The Bertz CT molecular complexity index is 274. The third kappa shape index (κ3) is 3.55. The zero-order valence-corrected chi connectivity index (χ0v) is 7.56. The number of thioether (sulfide) groups is 1. The maximum Gasteiger partial charge on any atom is 0.248 e.